The van der Waals surface area contributed by atoms with Gasteiger partial charge in [-0.2, -0.15) is 5.26 Å². The van der Waals surface area contributed by atoms with Crippen molar-refractivity contribution in [3.05, 3.63) is 48.0 Å². The summed E-state index contributed by atoms with van der Waals surface area (Å²) in [5, 5.41) is 8.79. The summed E-state index contributed by atoms with van der Waals surface area (Å²) in [6.45, 7) is 2.16. The molecule has 0 saturated heterocycles. The number of sulfonamides is 1. The quantitative estimate of drug-likeness (QED) is 0.907. The Morgan fingerprint density at radius 1 is 1.24 bits per heavy atom. The maximum atomic E-state index is 12.6. The molecule has 1 N–H and O–H groups in total. The number of benzene rings is 2. The normalized spacial score (nSPS) is 13.4. The first-order chi connectivity index (χ1) is 11.9. The summed E-state index contributed by atoms with van der Waals surface area (Å²) in [6.07, 6.45) is 0. The Hall–Kier alpha value is -3.05. The highest BCUT2D eigenvalue weighted by atomic mass is 32.2. The van der Waals surface area contributed by atoms with Crippen LogP contribution in [-0.2, 0) is 14.8 Å². The summed E-state index contributed by atoms with van der Waals surface area (Å²) in [4.78, 5) is 13.3. The summed E-state index contributed by atoms with van der Waals surface area (Å²) in [6, 6.07) is 12.4. The summed E-state index contributed by atoms with van der Waals surface area (Å²) < 4.78 is 33.1. The van der Waals surface area contributed by atoms with E-state index in [4.69, 9.17) is 10.00 Å². The Bertz CT molecular complexity index is 962. The molecule has 0 spiro atoms. The van der Waals surface area contributed by atoms with Crippen LogP contribution in [-0.4, -0.2) is 27.5 Å². The average molecular weight is 357 g/mol. The van der Waals surface area contributed by atoms with Crippen LogP contribution in [0.2, 0.25) is 0 Å². The lowest BCUT2D eigenvalue weighted by Crippen LogP contribution is -2.36. The number of nitrogens with one attached hydrogen (secondary N) is 1. The fourth-order valence-electron chi connectivity index (χ4n) is 2.52. The van der Waals surface area contributed by atoms with E-state index in [1.54, 1.807) is 0 Å². The Balaban J connectivity index is 1.93. The highest BCUT2D eigenvalue weighted by Gasteiger charge is 2.24. The third kappa shape index (κ3) is 3.41. The second kappa shape index (κ2) is 6.45. The highest BCUT2D eigenvalue weighted by Crippen LogP contribution is 2.34. The number of anilines is 2. The van der Waals surface area contributed by atoms with Crippen LogP contribution < -0.4 is 14.4 Å². The van der Waals surface area contributed by atoms with E-state index in [9.17, 15) is 13.2 Å². The van der Waals surface area contributed by atoms with Crippen LogP contribution in [0.15, 0.2) is 47.4 Å². The molecule has 25 heavy (non-hydrogen) atoms. The summed E-state index contributed by atoms with van der Waals surface area (Å²) in [5.74, 6) is 0.290. The van der Waals surface area contributed by atoms with Crippen LogP contribution in [0.1, 0.15) is 12.5 Å². The van der Waals surface area contributed by atoms with E-state index in [2.05, 4.69) is 4.72 Å². The van der Waals surface area contributed by atoms with E-state index in [1.165, 1.54) is 54.3 Å². The second-order valence-corrected chi connectivity index (χ2v) is 7.13. The van der Waals surface area contributed by atoms with Crippen molar-refractivity contribution in [2.75, 3.05) is 22.8 Å². The number of amides is 1. The van der Waals surface area contributed by atoms with E-state index in [-0.39, 0.29) is 10.8 Å². The first-order valence-electron chi connectivity index (χ1n) is 7.48. The maximum absolute atomic E-state index is 12.6. The van der Waals surface area contributed by atoms with Gasteiger partial charge in [0.2, 0.25) is 5.91 Å². The molecule has 0 saturated carbocycles. The molecule has 0 radical (unpaired) electrons. The number of ether oxygens (including phenoxy) is 1. The molecule has 3 rings (SSSR count). The predicted octanol–water partition coefficient (Wildman–Crippen LogP) is 2.10. The monoisotopic (exact) mass is 357 g/mol. The van der Waals surface area contributed by atoms with Gasteiger partial charge in [0.05, 0.1) is 28.8 Å². The fraction of sp³-hybridized carbons (Fsp3) is 0.176. The van der Waals surface area contributed by atoms with Crippen molar-refractivity contribution in [2.45, 2.75) is 11.8 Å². The number of carbonyl (C=O) groups is 1. The summed E-state index contributed by atoms with van der Waals surface area (Å²) in [7, 11) is -3.84. The number of hydrogen-bond donors (Lipinski definition) is 1. The Labute approximate surface area is 145 Å². The lowest BCUT2D eigenvalue weighted by Gasteiger charge is -2.29. The largest absolute Gasteiger partial charge is 0.490 e. The van der Waals surface area contributed by atoms with E-state index >= 15 is 0 Å². The van der Waals surface area contributed by atoms with Crippen molar-refractivity contribution in [1.82, 2.24) is 0 Å². The molecule has 1 heterocycles. The smallest absolute Gasteiger partial charge is 0.261 e. The minimum Gasteiger partial charge on any atom is -0.490 e. The molecule has 0 bridgehead atoms. The molecule has 0 fully saturated rings. The summed E-state index contributed by atoms with van der Waals surface area (Å²) in [5.41, 5.74) is 1.21. The average Bonchev–Trinajstić information content (AvgIpc) is 2.61. The van der Waals surface area contributed by atoms with Gasteiger partial charge in [0.25, 0.3) is 10.0 Å². The number of nitriles is 1. The Morgan fingerprint density at radius 2 is 1.96 bits per heavy atom. The lowest BCUT2D eigenvalue weighted by atomic mass is 10.2. The first-order valence-corrected chi connectivity index (χ1v) is 8.97. The van der Waals surface area contributed by atoms with E-state index in [0.29, 0.717) is 35.8 Å². The fourth-order valence-corrected chi connectivity index (χ4v) is 3.60. The minimum atomic E-state index is -3.84. The zero-order valence-corrected chi connectivity index (χ0v) is 14.2. The van der Waals surface area contributed by atoms with Gasteiger partial charge in [-0.25, -0.2) is 8.42 Å². The molecular formula is C17H15N3O4S. The van der Waals surface area contributed by atoms with Gasteiger partial charge in [0.15, 0.2) is 0 Å². The van der Waals surface area contributed by atoms with Gasteiger partial charge >= 0.3 is 0 Å². The minimum absolute atomic E-state index is 0.0207. The number of rotatable bonds is 3. The summed E-state index contributed by atoms with van der Waals surface area (Å²) >= 11 is 0. The zero-order valence-electron chi connectivity index (χ0n) is 13.4. The molecule has 1 aliphatic rings. The maximum Gasteiger partial charge on any atom is 0.261 e. The van der Waals surface area contributed by atoms with Crippen LogP contribution in [0.3, 0.4) is 0 Å². The van der Waals surface area contributed by atoms with Crippen molar-refractivity contribution in [2.24, 2.45) is 0 Å². The lowest BCUT2D eigenvalue weighted by molar-refractivity contribution is -0.116. The molecule has 2 aromatic rings. The number of fused-ring (bicyclic) bond motifs is 1. The van der Waals surface area contributed by atoms with Crippen LogP contribution >= 0.6 is 0 Å². The second-order valence-electron chi connectivity index (χ2n) is 5.44. The van der Waals surface area contributed by atoms with Crippen molar-refractivity contribution in [3.8, 4) is 11.8 Å². The molecule has 1 aliphatic heterocycles. The van der Waals surface area contributed by atoms with Crippen molar-refractivity contribution in [3.63, 3.8) is 0 Å². The molecular weight excluding hydrogens is 342 g/mol. The molecule has 8 heteroatoms. The number of nitrogens with zero attached hydrogens (tertiary/aromatic N) is 2. The number of carbonyl (C=O) groups excluding carboxylic acids is 1. The molecule has 0 atom stereocenters. The van der Waals surface area contributed by atoms with Gasteiger partial charge in [-0.1, -0.05) is 0 Å². The van der Waals surface area contributed by atoms with Crippen LogP contribution in [0.5, 0.6) is 5.75 Å². The highest BCUT2D eigenvalue weighted by molar-refractivity contribution is 7.92. The van der Waals surface area contributed by atoms with Crippen LogP contribution in [0, 0.1) is 11.3 Å². The van der Waals surface area contributed by atoms with E-state index in [1.807, 2.05) is 6.07 Å². The SMILES string of the molecule is CC(=O)N1CCOc2ccc(S(=O)(=O)Nc3ccc(C#N)cc3)cc21. The van der Waals surface area contributed by atoms with Crippen molar-refractivity contribution < 1.29 is 17.9 Å². The van der Waals surface area contributed by atoms with Crippen LogP contribution in [0.4, 0.5) is 11.4 Å². The van der Waals surface area contributed by atoms with E-state index in [0.717, 1.165) is 0 Å². The molecule has 0 aliphatic carbocycles. The Kier molecular flexibility index (Phi) is 4.33. The molecule has 0 aromatic heterocycles. The van der Waals surface area contributed by atoms with Crippen molar-refractivity contribution >= 4 is 27.3 Å². The molecule has 1 amide bonds. The topological polar surface area (TPSA) is 99.5 Å². The van der Waals surface area contributed by atoms with Crippen LogP contribution in [0.25, 0.3) is 0 Å². The first kappa shape index (κ1) is 16.8. The molecule has 2 aromatic carbocycles. The van der Waals surface area contributed by atoms with E-state index < -0.39 is 10.0 Å². The predicted molar refractivity (Wildman–Crippen MR) is 91.9 cm³/mol. The van der Waals surface area contributed by atoms with Gasteiger partial charge in [-0.3, -0.25) is 9.52 Å². The van der Waals surface area contributed by atoms with Gasteiger partial charge < -0.3 is 9.64 Å². The van der Waals surface area contributed by atoms with Crippen molar-refractivity contribution in [1.29, 1.82) is 5.26 Å². The third-order valence-corrected chi connectivity index (χ3v) is 5.13. The standard InChI is InChI=1S/C17H15N3O4S/c1-12(21)20-8-9-24-17-7-6-15(10-16(17)20)25(22,23)19-14-4-2-13(11-18)3-5-14/h2-7,10,19H,8-9H2,1H3. The zero-order chi connectivity index (χ0) is 18.0. The molecule has 0 unspecified atom stereocenters. The van der Waals surface area contributed by atoms with Gasteiger partial charge in [-0.05, 0) is 42.5 Å². The Morgan fingerprint density at radius 3 is 2.60 bits per heavy atom. The third-order valence-electron chi connectivity index (χ3n) is 3.75. The molecule has 7 nitrogen and oxygen atoms in total. The van der Waals surface area contributed by atoms with Gasteiger partial charge in [0.1, 0.15) is 12.4 Å². The molecule has 128 valence electrons. The van der Waals surface area contributed by atoms with Gasteiger partial charge in [-0.15, -0.1) is 0 Å². The van der Waals surface area contributed by atoms with Gasteiger partial charge in [0, 0.05) is 12.6 Å². The number of hydrogen-bond acceptors (Lipinski definition) is 5.